The van der Waals surface area contributed by atoms with Crippen LogP contribution in [-0.2, 0) is 10.8 Å². The lowest BCUT2D eigenvalue weighted by atomic mass is 9.33. The van der Waals surface area contributed by atoms with Crippen LogP contribution in [0.25, 0.3) is 60.6 Å². The number of hydrogen-bond acceptors (Lipinski definition) is 5. The summed E-state index contributed by atoms with van der Waals surface area (Å²) >= 11 is 0. The van der Waals surface area contributed by atoms with Gasteiger partial charge in [-0.3, -0.25) is 0 Å². The van der Waals surface area contributed by atoms with Gasteiger partial charge in [0, 0.05) is 89.8 Å². The molecular formula is C86H68BN5O. The summed E-state index contributed by atoms with van der Waals surface area (Å²) in [5.74, 6) is 0. The fourth-order valence-electron chi connectivity index (χ4n) is 14.7. The van der Waals surface area contributed by atoms with Gasteiger partial charge < -0.3 is 28.6 Å². The zero-order valence-corrected chi connectivity index (χ0v) is 53.1. The van der Waals surface area contributed by atoms with Gasteiger partial charge in [0.15, 0.2) is 0 Å². The number of rotatable bonds is 10. The maximum Gasteiger partial charge on any atom is 0.252 e. The first-order valence-electron chi connectivity index (χ1n) is 32.4. The molecule has 2 aliphatic rings. The van der Waals surface area contributed by atoms with Crippen molar-refractivity contribution in [2.24, 2.45) is 0 Å². The van der Waals surface area contributed by atoms with Gasteiger partial charge >= 0.3 is 0 Å². The van der Waals surface area contributed by atoms with Crippen LogP contribution in [0.2, 0.25) is 0 Å². The van der Waals surface area contributed by atoms with Crippen molar-refractivity contribution in [2.75, 3.05) is 19.6 Å². The minimum absolute atomic E-state index is 0.0522. The molecule has 0 saturated heterocycles. The van der Waals surface area contributed by atoms with Crippen LogP contribution in [0.3, 0.4) is 0 Å². The number of anilines is 12. The first kappa shape index (κ1) is 55.8. The number of nitrogens with zero attached hydrogens (tertiary/aromatic N) is 5. The van der Waals surface area contributed by atoms with Crippen LogP contribution in [0.1, 0.15) is 52.7 Å². The topological polar surface area (TPSA) is 31.0 Å². The summed E-state index contributed by atoms with van der Waals surface area (Å²) in [5.41, 5.74) is 26.5. The van der Waals surface area contributed by atoms with E-state index in [1.807, 2.05) is 6.07 Å². The molecule has 0 unspecified atom stereocenters. The van der Waals surface area contributed by atoms with E-state index in [1.54, 1.807) is 0 Å². The SMILES string of the molecule is CC(C)(C)c1ccc(N2c3cc(N(c4cccc(-c5ccccc5)c4)c4ccc5oc6ccccc6c5c4)ccc3B3c4cc5c6ccccc6n(-c6ccccc6)c5cc4N(c4ccc(C(C)(C)C)cc4)c4cc(N(c5ccccc5)c5ccccc5)cc2c43)cc1. The van der Waals surface area contributed by atoms with Gasteiger partial charge in [0.25, 0.3) is 6.71 Å². The molecule has 7 heteroatoms. The van der Waals surface area contributed by atoms with E-state index in [0.717, 1.165) is 113 Å². The Hall–Kier alpha value is -11.3. The number of furan rings is 1. The molecule has 2 aliphatic heterocycles. The van der Waals surface area contributed by atoms with Crippen molar-refractivity contribution >= 4 is 135 Å². The number of fused-ring (bicyclic) bond motifs is 10. The lowest BCUT2D eigenvalue weighted by Crippen LogP contribution is -2.61. The highest BCUT2D eigenvalue weighted by Gasteiger charge is 2.45. The molecular weight excluding hydrogens is 1130 g/mol. The van der Waals surface area contributed by atoms with Crippen molar-refractivity contribution in [3.05, 3.63) is 314 Å². The summed E-state index contributed by atoms with van der Waals surface area (Å²) < 4.78 is 8.98. The highest BCUT2D eigenvalue weighted by molar-refractivity contribution is 7.00. The second-order valence-electron chi connectivity index (χ2n) is 27.0. The van der Waals surface area contributed by atoms with Gasteiger partial charge in [-0.15, -0.1) is 0 Å². The minimum Gasteiger partial charge on any atom is -0.456 e. The Morgan fingerprint density at radius 3 is 1.42 bits per heavy atom. The molecule has 0 amide bonds. The first-order chi connectivity index (χ1) is 45.4. The lowest BCUT2D eigenvalue weighted by molar-refractivity contribution is 0.590. The summed E-state index contributed by atoms with van der Waals surface area (Å²) in [6.07, 6.45) is 0. The monoisotopic (exact) mass is 1200 g/mol. The molecule has 0 saturated carbocycles. The molecule has 4 heterocycles. The van der Waals surface area contributed by atoms with E-state index in [-0.39, 0.29) is 17.5 Å². The summed E-state index contributed by atoms with van der Waals surface area (Å²) in [5, 5.41) is 4.58. The van der Waals surface area contributed by atoms with Crippen molar-refractivity contribution in [1.82, 2.24) is 4.57 Å². The molecule has 0 radical (unpaired) electrons. The third-order valence-corrected chi connectivity index (χ3v) is 19.2. The maximum absolute atomic E-state index is 6.52. The molecule has 0 bridgehead atoms. The molecule has 0 N–H and O–H groups in total. The van der Waals surface area contributed by atoms with Crippen LogP contribution >= 0.6 is 0 Å². The standard InChI is InChI=1S/C86H68BN5O/c1-85(2,3)59-38-42-64(43-39-59)91-78-52-68(89(66-33-23-26-58(50-66)57-24-11-7-12-25-57)67-47-49-83-73(51-67)71-35-20-22-37-82(71)93-83)46-48-74(78)87-75-55-72-70-34-19-21-36-76(70)90(63-31-17-10-18-32-63)77(72)56-79(75)92(65-44-40-60(41-45-65)86(4,5)6)81-54-69(53-80(91)84(81)87)88(61-27-13-8-14-28-61)62-29-15-9-16-30-62/h7-56H,1-6H3. The van der Waals surface area contributed by atoms with E-state index in [0.29, 0.717) is 0 Å². The van der Waals surface area contributed by atoms with E-state index in [9.17, 15) is 0 Å². The van der Waals surface area contributed by atoms with Crippen LogP contribution in [0.5, 0.6) is 0 Å². The predicted octanol–water partition coefficient (Wildman–Crippen LogP) is 22.0. The molecule has 0 spiro atoms. The van der Waals surface area contributed by atoms with Crippen molar-refractivity contribution in [3.63, 3.8) is 0 Å². The second kappa shape index (κ2) is 21.7. The number of para-hydroxylation sites is 5. The Labute approximate surface area is 544 Å². The molecule has 6 nitrogen and oxygen atoms in total. The van der Waals surface area contributed by atoms with Gasteiger partial charge in [-0.25, -0.2) is 0 Å². The summed E-state index contributed by atoms with van der Waals surface area (Å²) in [6.45, 7) is 13.6. The highest BCUT2D eigenvalue weighted by Crippen LogP contribution is 2.51. The molecule has 446 valence electrons. The van der Waals surface area contributed by atoms with Crippen molar-refractivity contribution < 1.29 is 4.42 Å². The van der Waals surface area contributed by atoms with E-state index in [2.05, 4.69) is 363 Å². The maximum atomic E-state index is 6.52. The third kappa shape index (κ3) is 9.40. The quantitative estimate of drug-likeness (QED) is 0.127. The molecule has 0 fully saturated rings. The van der Waals surface area contributed by atoms with Crippen LogP contribution in [0.15, 0.2) is 308 Å². The fourth-order valence-corrected chi connectivity index (χ4v) is 14.7. The van der Waals surface area contributed by atoms with E-state index in [1.165, 1.54) is 43.8 Å². The molecule has 17 rings (SSSR count). The van der Waals surface area contributed by atoms with Crippen molar-refractivity contribution in [1.29, 1.82) is 0 Å². The molecule has 0 aliphatic carbocycles. The van der Waals surface area contributed by atoms with Gasteiger partial charge in [0.2, 0.25) is 0 Å². The second-order valence-corrected chi connectivity index (χ2v) is 27.0. The van der Waals surface area contributed by atoms with Crippen molar-refractivity contribution in [2.45, 2.75) is 52.4 Å². The minimum atomic E-state index is -0.216. The van der Waals surface area contributed by atoms with Crippen LogP contribution in [0, 0.1) is 0 Å². The lowest BCUT2D eigenvalue weighted by Gasteiger charge is -2.45. The number of aromatic nitrogens is 1. The zero-order chi connectivity index (χ0) is 62.7. The van der Waals surface area contributed by atoms with E-state index in [4.69, 9.17) is 4.42 Å². The van der Waals surface area contributed by atoms with Crippen molar-refractivity contribution in [3.8, 4) is 16.8 Å². The Bertz CT molecular complexity index is 5320. The van der Waals surface area contributed by atoms with Gasteiger partial charge in [-0.05, 0) is 183 Å². The average molecular weight is 1200 g/mol. The molecule has 13 aromatic carbocycles. The average Bonchev–Trinajstić information content (AvgIpc) is 1.49. The molecule has 93 heavy (non-hydrogen) atoms. The smallest absolute Gasteiger partial charge is 0.252 e. The fraction of sp³-hybridized carbons (Fsp3) is 0.0930. The predicted molar refractivity (Wildman–Crippen MR) is 394 cm³/mol. The highest BCUT2D eigenvalue weighted by atomic mass is 16.3. The van der Waals surface area contributed by atoms with E-state index < -0.39 is 0 Å². The number of benzene rings is 13. The van der Waals surface area contributed by atoms with Crippen LogP contribution < -0.4 is 36.0 Å². The normalized spacial score (nSPS) is 12.8. The summed E-state index contributed by atoms with van der Waals surface area (Å²) in [7, 11) is 0. The summed E-state index contributed by atoms with van der Waals surface area (Å²) in [6, 6.07) is 112. The Morgan fingerprint density at radius 2 is 0.785 bits per heavy atom. The molecule has 15 aromatic rings. The van der Waals surface area contributed by atoms with Gasteiger partial charge in [-0.1, -0.05) is 211 Å². The Morgan fingerprint density at radius 1 is 0.301 bits per heavy atom. The Balaban J connectivity index is 0.997. The first-order valence-corrected chi connectivity index (χ1v) is 32.4. The Kier molecular flexibility index (Phi) is 13.0. The van der Waals surface area contributed by atoms with Gasteiger partial charge in [-0.2, -0.15) is 0 Å². The largest absolute Gasteiger partial charge is 0.456 e. The van der Waals surface area contributed by atoms with Gasteiger partial charge in [0.05, 0.1) is 16.7 Å². The molecule has 0 atom stereocenters. The van der Waals surface area contributed by atoms with E-state index >= 15 is 0 Å². The summed E-state index contributed by atoms with van der Waals surface area (Å²) in [4.78, 5) is 10.0. The number of hydrogen-bond donors (Lipinski definition) is 0. The van der Waals surface area contributed by atoms with Gasteiger partial charge in [0.1, 0.15) is 11.2 Å². The van der Waals surface area contributed by atoms with Crippen LogP contribution in [-0.4, -0.2) is 11.3 Å². The zero-order valence-electron chi connectivity index (χ0n) is 53.1. The third-order valence-electron chi connectivity index (χ3n) is 19.2. The molecule has 2 aromatic heterocycles. The van der Waals surface area contributed by atoms with Crippen LogP contribution in [0.4, 0.5) is 68.2 Å².